The molecule has 0 aliphatic heterocycles. The molecule has 0 heterocycles. The second-order valence-electron chi connectivity index (χ2n) is 8.71. The Kier molecular flexibility index (Phi) is 14.8. The van der Waals surface area contributed by atoms with Crippen LogP contribution in [0.1, 0.15) is 31.7 Å². The van der Waals surface area contributed by atoms with E-state index in [-0.39, 0.29) is 31.8 Å². The molecule has 1 rings (SSSR count). The summed E-state index contributed by atoms with van der Waals surface area (Å²) < 4.78 is 0. The van der Waals surface area contributed by atoms with E-state index >= 15 is 0 Å². The number of carbonyl (C=O) groups is 4. The van der Waals surface area contributed by atoms with Crippen LogP contribution in [-0.4, -0.2) is 88.7 Å². The Hall–Kier alpha value is -3.36. The number of carboxylic acid groups (broad SMARTS) is 1. The van der Waals surface area contributed by atoms with Crippen molar-refractivity contribution in [2.45, 2.75) is 62.9 Å². The van der Waals surface area contributed by atoms with Crippen LogP contribution in [0.15, 0.2) is 35.3 Å². The normalized spacial score (nSPS) is 14.7. The van der Waals surface area contributed by atoms with Gasteiger partial charge in [-0.25, -0.2) is 4.79 Å². The van der Waals surface area contributed by atoms with Gasteiger partial charge in [-0.15, -0.1) is 0 Å². The quantitative estimate of drug-likeness (QED) is 0.0617. The van der Waals surface area contributed by atoms with E-state index in [2.05, 4.69) is 20.9 Å². The van der Waals surface area contributed by atoms with Gasteiger partial charge in [-0.2, -0.15) is 11.8 Å². The maximum atomic E-state index is 13.2. The molecular formula is C24H39N7O6S. The average molecular weight is 554 g/mol. The van der Waals surface area contributed by atoms with E-state index in [9.17, 15) is 29.4 Å². The van der Waals surface area contributed by atoms with E-state index in [0.29, 0.717) is 12.2 Å². The fourth-order valence-corrected chi connectivity index (χ4v) is 3.83. The summed E-state index contributed by atoms with van der Waals surface area (Å²) in [7, 11) is 0. The second kappa shape index (κ2) is 17.2. The number of aliphatic hydroxyl groups excluding tert-OH is 1. The molecule has 212 valence electrons. The number of thioether (sulfide) groups is 1. The molecule has 13 nitrogen and oxygen atoms in total. The largest absolute Gasteiger partial charge is 0.480 e. The van der Waals surface area contributed by atoms with Crippen LogP contribution in [0, 0.1) is 0 Å². The van der Waals surface area contributed by atoms with Crippen LogP contribution < -0.4 is 33.2 Å². The SMILES string of the molecule is CSCCC(NC(=O)C(N)C(C)O)C(=O)NC(Cc1ccccc1)C(=O)NC(CCCN=C(N)N)C(=O)O. The number of aliphatic hydroxyl groups is 1. The molecule has 1 aromatic carbocycles. The topological polar surface area (TPSA) is 235 Å². The van der Waals surface area contributed by atoms with Gasteiger partial charge in [0.25, 0.3) is 0 Å². The summed E-state index contributed by atoms with van der Waals surface area (Å²) in [5.41, 5.74) is 17.0. The summed E-state index contributed by atoms with van der Waals surface area (Å²) in [4.78, 5) is 54.4. The first-order chi connectivity index (χ1) is 18.0. The summed E-state index contributed by atoms with van der Waals surface area (Å²) in [6.45, 7) is 1.55. The van der Waals surface area contributed by atoms with Crippen molar-refractivity contribution in [2.75, 3.05) is 18.6 Å². The van der Waals surface area contributed by atoms with Crippen molar-refractivity contribution in [3.8, 4) is 0 Å². The molecule has 14 heteroatoms. The molecular weight excluding hydrogens is 514 g/mol. The molecule has 11 N–H and O–H groups in total. The third-order valence-electron chi connectivity index (χ3n) is 5.54. The monoisotopic (exact) mass is 553 g/mol. The van der Waals surface area contributed by atoms with Gasteiger partial charge in [-0.1, -0.05) is 30.3 Å². The number of carbonyl (C=O) groups excluding carboxylic acids is 3. The molecule has 0 saturated heterocycles. The highest BCUT2D eigenvalue weighted by molar-refractivity contribution is 7.98. The highest BCUT2D eigenvalue weighted by Crippen LogP contribution is 2.08. The first-order valence-corrected chi connectivity index (χ1v) is 13.5. The van der Waals surface area contributed by atoms with Gasteiger partial charge in [-0.05, 0) is 43.8 Å². The first-order valence-electron chi connectivity index (χ1n) is 12.1. The smallest absolute Gasteiger partial charge is 0.326 e. The number of aliphatic imine (C=N–C) groups is 1. The first kappa shape index (κ1) is 32.7. The number of nitrogens with one attached hydrogen (secondary N) is 3. The Balaban J connectivity index is 3.07. The lowest BCUT2D eigenvalue weighted by molar-refractivity contribution is -0.142. The van der Waals surface area contributed by atoms with Gasteiger partial charge in [0.1, 0.15) is 24.2 Å². The number of nitrogens with zero attached hydrogens (tertiary/aromatic N) is 1. The molecule has 1 aromatic rings. The molecule has 0 aromatic heterocycles. The van der Waals surface area contributed by atoms with Crippen LogP contribution >= 0.6 is 11.8 Å². The Labute approximate surface area is 226 Å². The third-order valence-corrected chi connectivity index (χ3v) is 6.19. The highest BCUT2D eigenvalue weighted by Gasteiger charge is 2.31. The predicted octanol–water partition coefficient (Wildman–Crippen LogP) is -1.72. The standard InChI is InChI=1S/C24H39N7O6S/c1-14(32)19(25)22(35)29-16(10-12-38-2)20(33)31-18(13-15-7-4-3-5-8-15)21(34)30-17(23(36)37)9-6-11-28-24(26)27/h3-5,7-8,14,16-19,32H,6,9-13,25H2,1-2H3,(H,29,35)(H,30,34)(H,31,33)(H,36,37)(H4,26,27,28). The minimum absolute atomic E-state index is 0.0630. The number of carboxylic acids is 1. The lowest BCUT2D eigenvalue weighted by Gasteiger charge is -2.25. The zero-order valence-corrected chi connectivity index (χ0v) is 22.4. The van der Waals surface area contributed by atoms with Gasteiger partial charge < -0.3 is 43.4 Å². The fraction of sp³-hybridized carbons (Fsp3) is 0.542. The number of benzene rings is 1. The molecule has 0 radical (unpaired) electrons. The number of amides is 3. The lowest BCUT2D eigenvalue weighted by atomic mass is 10.0. The van der Waals surface area contributed by atoms with Crippen molar-refractivity contribution < 1.29 is 29.4 Å². The van der Waals surface area contributed by atoms with Gasteiger partial charge in [0, 0.05) is 13.0 Å². The van der Waals surface area contributed by atoms with Crippen LogP contribution in [0.4, 0.5) is 0 Å². The summed E-state index contributed by atoms with van der Waals surface area (Å²) in [5, 5.41) is 26.9. The van der Waals surface area contributed by atoms with E-state index in [4.69, 9.17) is 17.2 Å². The molecule has 5 unspecified atom stereocenters. The van der Waals surface area contributed by atoms with Crippen LogP contribution in [0.25, 0.3) is 0 Å². The van der Waals surface area contributed by atoms with Crippen LogP contribution in [0.2, 0.25) is 0 Å². The molecule has 3 amide bonds. The van der Waals surface area contributed by atoms with E-state index < -0.39 is 54.0 Å². The van der Waals surface area contributed by atoms with Crippen molar-refractivity contribution in [2.24, 2.45) is 22.2 Å². The van der Waals surface area contributed by atoms with Crippen molar-refractivity contribution >= 4 is 41.4 Å². The van der Waals surface area contributed by atoms with Crippen molar-refractivity contribution in [1.82, 2.24) is 16.0 Å². The van der Waals surface area contributed by atoms with Crippen LogP contribution in [-0.2, 0) is 25.6 Å². The van der Waals surface area contributed by atoms with E-state index in [0.717, 1.165) is 5.56 Å². The van der Waals surface area contributed by atoms with Crippen LogP contribution in [0.5, 0.6) is 0 Å². The predicted molar refractivity (Wildman–Crippen MR) is 146 cm³/mol. The number of nitrogens with two attached hydrogens (primary N) is 3. The Bertz CT molecular complexity index is 943. The minimum Gasteiger partial charge on any atom is -0.480 e. The van der Waals surface area contributed by atoms with E-state index in [1.54, 1.807) is 30.3 Å². The molecule has 5 atom stereocenters. The molecule has 0 bridgehead atoms. The minimum atomic E-state index is -1.25. The number of rotatable bonds is 17. The van der Waals surface area contributed by atoms with E-state index in [1.165, 1.54) is 18.7 Å². The molecule has 0 aliphatic rings. The molecule has 0 aliphatic carbocycles. The second-order valence-corrected chi connectivity index (χ2v) is 9.69. The molecule has 0 fully saturated rings. The van der Waals surface area contributed by atoms with Crippen molar-refractivity contribution in [3.05, 3.63) is 35.9 Å². The van der Waals surface area contributed by atoms with Gasteiger partial charge in [-0.3, -0.25) is 19.4 Å². The van der Waals surface area contributed by atoms with Crippen molar-refractivity contribution in [3.63, 3.8) is 0 Å². The maximum Gasteiger partial charge on any atom is 0.326 e. The number of aliphatic carboxylic acids is 1. The van der Waals surface area contributed by atoms with E-state index in [1.807, 2.05) is 6.26 Å². The van der Waals surface area contributed by atoms with Gasteiger partial charge in [0.2, 0.25) is 17.7 Å². The Morgan fingerprint density at radius 2 is 1.53 bits per heavy atom. The molecule has 0 spiro atoms. The molecule has 0 saturated carbocycles. The summed E-state index contributed by atoms with van der Waals surface area (Å²) in [6.07, 6.45) is 1.40. The zero-order valence-electron chi connectivity index (χ0n) is 21.6. The summed E-state index contributed by atoms with van der Waals surface area (Å²) in [6, 6.07) is 4.25. The van der Waals surface area contributed by atoms with Gasteiger partial charge in [0.15, 0.2) is 5.96 Å². The summed E-state index contributed by atoms with van der Waals surface area (Å²) >= 11 is 1.46. The fourth-order valence-electron chi connectivity index (χ4n) is 3.36. The highest BCUT2D eigenvalue weighted by atomic mass is 32.2. The molecule has 38 heavy (non-hydrogen) atoms. The number of guanidine groups is 1. The third kappa shape index (κ3) is 12.3. The summed E-state index contributed by atoms with van der Waals surface area (Å²) in [5.74, 6) is -2.89. The Morgan fingerprint density at radius 3 is 2.08 bits per heavy atom. The average Bonchev–Trinajstić information content (AvgIpc) is 2.87. The lowest BCUT2D eigenvalue weighted by Crippen LogP contribution is -2.58. The number of hydrogen-bond donors (Lipinski definition) is 8. The van der Waals surface area contributed by atoms with Crippen LogP contribution in [0.3, 0.4) is 0 Å². The maximum absolute atomic E-state index is 13.2. The van der Waals surface area contributed by atoms with Gasteiger partial charge in [0.05, 0.1) is 6.10 Å². The van der Waals surface area contributed by atoms with Gasteiger partial charge >= 0.3 is 5.97 Å². The zero-order chi connectivity index (χ0) is 28.7. The number of hydrogen-bond acceptors (Lipinski definition) is 8. The Morgan fingerprint density at radius 1 is 0.947 bits per heavy atom. The van der Waals surface area contributed by atoms with Crippen molar-refractivity contribution in [1.29, 1.82) is 0 Å².